The molecule has 1 atom stereocenters. The molecule has 0 fully saturated rings. The lowest BCUT2D eigenvalue weighted by Gasteiger charge is -2.18. The maximum Gasteiger partial charge on any atom is 0.0764 e. The maximum absolute atomic E-state index is 9.70. The summed E-state index contributed by atoms with van der Waals surface area (Å²) in [6.45, 7) is 6.77. The summed E-state index contributed by atoms with van der Waals surface area (Å²) in [5.41, 5.74) is 9.17. The number of aliphatic hydroxyl groups is 1. The highest BCUT2D eigenvalue weighted by atomic mass is 16.3. The fourth-order valence-corrected chi connectivity index (χ4v) is 1.99. The Bertz CT molecular complexity index is 292. The number of rotatable bonds is 4. The van der Waals surface area contributed by atoms with Crippen molar-refractivity contribution in [2.24, 2.45) is 5.73 Å². The van der Waals surface area contributed by atoms with Crippen molar-refractivity contribution in [3.05, 3.63) is 34.9 Å². The third-order valence-electron chi connectivity index (χ3n) is 2.71. The van der Waals surface area contributed by atoms with Crippen molar-refractivity contribution in [3.63, 3.8) is 0 Å². The van der Waals surface area contributed by atoms with E-state index in [1.807, 2.05) is 12.1 Å². The van der Waals surface area contributed by atoms with Crippen molar-refractivity contribution in [3.8, 4) is 0 Å². The Hall–Kier alpha value is -0.860. The molecule has 0 heterocycles. The molecule has 2 heteroatoms. The van der Waals surface area contributed by atoms with Crippen LogP contribution < -0.4 is 5.73 Å². The molecule has 0 bridgehead atoms. The Morgan fingerprint density at radius 3 is 2.27 bits per heavy atom. The minimum atomic E-state index is -0.412. The van der Waals surface area contributed by atoms with Gasteiger partial charge in [-0.3, -0.25) is 0 Å². The molecule has 2 nitrogen and oxygen atoms in total. The van der Waals surface area contributed by atoms with E-state index in [4.69, 9.17) is 5.73 Å². The van der Waals surface area contributed by atoms with Crippen LogP contribution >= 0.6 is 0 Å². The molecular weight excluding hydrogens is 186 g/mol. The van der Waals surface area contributed by atoms with E-state index in [1.165, 1.54) is 11.1 Å². The zero-order chi connectivity index (χ0) is 11.4. The van der Waals surface area contributed by atoms with Crippen LogP contribution in [0.5, 0.6) is 0 Å². The molecule has 0 spiro atoms. The van der Waals surface area contributed by atoms with Crippen LogP contribution in [0.15, 0.2) is 18.2 Å². The molecule has 0 aliphatic heterocycles. The normalized spacial score (nSPS) is 13.2. The molecule has 1 unspecified atom stereocenters. The molecule has 0 amide bonds. The highest BCUT2D eigenvalue weighted by Crippen LogP contribution is 2.26. The van der Waals surface area contributed by atoms with Crippen LogP contribution in [0, 0.1) is 0 Å². The third kappa shape index (κ3) is 2.80. The van der Waals surface area contributed by atoms with E-state index in [9.17, 15) is 5.11 Å². The van der Waals surface area contributed by atoms with Gasteiger partial charge in [0.05, 0.1) is 6.10 Å². The van der Waals surface area contributed by atoms with Crippen molar-refractivity contribution in [1.82, 2.24) is 0 Å². The fourth-order valence-electron chi connectivity index (χ4n) is 1.99. The Kier molecular flexibility index (Phi) is 4.30. The lowest BCUT2D eigenvalue weighted by atomic mass is 9.90. The molecule has 1 aromatic carbocycles. The zero-order valence-electron chi connectivity index (χ0n) is 9.83. The molecule has 84 valence electrons. The van der Waals surface area contributed by atoms with Gasteiger partial charge in [-0.25, -0.2) is 0 Å². The molecular formula is C13H21NO. The van der Waals surface area contributed by atoms with Gasteiger partial charge in [0.1, 0.15) is 0 Å². The van der Waals surface area contributed by atoms with Crippen molar-refractivity contribution in [1.29, 1.82) is 0 Å². The van der Waals surface area contributed by atoms with Crippen molar-refractivity contribution in [2.45, 2.75) is 39.2 Å². The molecule has 0 aromatic heterocycles. The fraction of sp³-hybridized carbons (Fsp3) is 0.538. The van der Waals surface area contributed by atoms with Crippen LogP contribution in [0.25, 0.3) is 0 Å². The summed E-state index contributed by atoms with van der Waals surface area (Å²) in [6, 6.07) is 6.13. The minimum Gasteiger partial charge on any atom is -0.389 e. The van der Waals surface area contributed by atoms with Gasteiger partial charge in [0.15, 0.2) is 0 Å². The SMILES string of the molecule is CC(C)c1cccc(C(C)O)c1CCN. The van der Waals surface area contributed by atoms with Gasteiger partial charge in [-0.2, -0.15) is 0 Å². The summed E-state index contributed by atoms with van der Waals surface area (Å²) in [6.07, 6.45) is 0.430. The Balaban J connectivity index is 3.21. The second-order valence-electron chi connectivity index (χ2n) is 4.28. The summed E-state index contributed by atoms with van der Waals surface area (Å²) in [5, 5.41) is 9.70. The summed E-state index contributed by atoms with van der Waals surface area (Å²) < 4.78 is 0. The van der Waals surface area contributed by atoms with Gasteiger partial charge in [0, 0.05) is 0 Å². The average molecular weight is 207 g/mol. The predicted molar refractivity (Wildman–Crippen MR) is 63.9 cm³/mol. The van der Waals surface area contributed by atoms with E-state index in [1.54, 1.807) is 6.92 Å². The lowest BCUT2D eigenvalue weighted by molar-refractivity contribution is 0.198. The average Bonchev–Trinajstić information content (AvgIpc) is 2.17. The van der Waals surface area contributed by atoms with Gasteiger partial charge in [-0.15, -0.1) is 0 Å². The van der Waals surface area contributed by atoms with E-state index >= 15 is 0 Å². The first-order chi connectivity index (χ1) is 7.07. The number of nitrogens with two attached hydrogens (primary N) is 1. The predicted octanol–water partition coefficient (Wildman–Crippen LogP) is 2.36. The van der Waals surface area contributed by atoms with Crippen molar-refractivity contribution >= 4 is 0 Å². The first-order valence-electron chi connectivity index (χ1n) is 5.57. The van der Waals surface area contributed by atoms with Gasteiger partial charge in [-0.1, -0.05) is 32.0 Å². The van der Waals surface area contributed by atoms with Gasteiger partial charge < -0.3 is 10.8 Å². The molecule has 0 saturated carbocycles. The molecule has 0 aliphatic carbocycles. The number of hydrogen-bond acceptors (Lipinski definition) is 2. The summed E-state index contributed by atoms with van der Waals surface area (Å²) in [5.74, 6) is 0.477. The molecule has 15 heavy (non-hydrogen) atoms. The minimum absolute atomic E-state index is 0.412. The number of aliphatic hydroxyl groups excluding tert-OH is 1. The second kappa shape index (κ2) is 5.29. The van der Waals surface area contributed by atoms with Crippen LogP contribution in [0.3, 0.4) is 0 Å². The summed E-state index contributed by atoms with van der Waals surface area (Å²) in [7, 11) is 0. The Labute approximate surface area is 92.1 Å². The maximum atomic E-state index is 9.70. The van der Waals surface area contributed by atoms with Crippen molar-refractivity contribution in [2.75, 3.05) is 6.54 Å². The van der Waals surface area contributed by atoms with E-state index in [2.05, 4.69) is 19.9 Å². The number of hydrogen-bond donors (Lipinski definition) is 2. The van der Waals surface area contributed by atoms with Crippen LogP contribution in [-0.4, -0.2) is 11.7 Å². The van der Waals surface area contributed by atoms with Gasteiger partial charge in [0.2, 0.25) is 0 Å². The first kappa shape index (κ1) is 12.2. The largest absolute Gasteiger partial charge is 0.389 e. The van der Waals surface area contributed by atoms with Crippen LogP contribution in [-0.2, 0) is 6.42 Å². The molecule has 0 saturated heterocycles. The van der Waals surface area contributed by atoms with E-state index in [-0.39, 0.29) is 0 Å². The number of benzene rings is 1. The van der Waals surface area contributed by atoms with Crippen LogP contribution in [0.2, 0.25) is 0 Å². The molecule has 0 aliphatic rings. The van der Waals surface area contributed by atoms with E-state index in [0.717, 1.165) is 12.0 Å². The Morgan fingerprint density at radius 1 is 1.20 bits per heavy atom. The molecule has 1 aromatic rings. The van der Waals surface area contributed by atoms with Gasteiger partial charge >= 0.3 is 0 Å². The van der Waals surface area contributed by atoms with Crippen molar-refractivity contribution < 1.29 is 5.11 Å². The monoisotopic (exact) mass is 207 g/mol. The second-order valence-corrected chi connectivity index (χ2v) is 4.28. The standard InChI is InChI=1S/C13H21NO/c1-9(2)11-5-4-6-12(10(3)15)13(11)7-8-14/h4-6,9-10,15H,7-8,14H2,1-3H3. The molecule has 1 rings (SSSR count). The van der Waals surface area contributed by atoms with Gasteiger partial charge in [-0.05, 0) is 42.5 Å². The smallest absolute Gasteiger partial charge is 0.0764 e. The van der Waals surface area contributed by atoms with Crippen LogP contribution in [0.4, 0.5) is 0 Å². The van der Waals surface area contributed by atoms with Crippen LogP contribution in [0.1, 0.15) is 49.5 Å². The van der Waals surface area contributed by atoms with Gasteiger partial charge in [0.25, 0.3) is 0 Å². The quantitative estimate of drug-likeness (QED) is 0.796. The third-order valence-corrected chi connectivity index (χ3v) is 2.71. The van der Waals surface area contributed by atoms with E-state index in [0.29, 0.717) is 12.5 Å². The lowest BCUT2D eigenvalue weighted by Crippen LogP contribution is -2.10. The highest BCUT2D eigenvalue weighted by molar-refractivity contribution is 5.38. The summed E-state index contributed by atoms with van der Waals surface area (Å²) >= 11 is 0. The highest BCUT2D eigenvalue weighted by Gasteiger charge is 2.13. The first-order valence-corrected chi connectivity index (χ1v) is 5.57. The zero-order valence-corrected chi connectivity index (χ0v) is 9.83. The molecule has 0 radical (unpaired) electrons. The Morgan fingerprint density at radius 2 is 1.80 bits per heavy atom. The van der Waals surface area contributed by atoms with E-state index < -0.39 is 6.10 Å². The molecule has 3 N–H and O–H groups in total. The topological polar surface area (TPSA) is 46.2 Å². The summed E-state index contributed by atoms with van der Waals surface area (Å²) in [4.78, 5) is 0.